The zero-order valence-electron chi connectivity index (χ0n) is 12.1. The van der Waals surface area contributed by atoms with Crippen LogP contribution in [0.1, 0.15) is 5.56 Å². The van der Waals surface area contributed by atoms with E-state index in [9.17, 15) is 9.59 Å². The number of hydrogen-bond acceptors (Lipinski definition) is 3. The van der Waals surface area contributed by atoms with Gasteiger partial charge in [0.15, 0.2) is 0 Å². The Kier molecular flexibility index (Phi) is 8.01. The Labute approximate surface area is 141 Å². The minimum absolute atomic E-state index is 0. The van der Waals surface area contributed by atoms with E-state index in [1.807, 2.05) is 12.1 Å². The maximum Gasteiger partial charge on any atom is 0.315 e. The summed E-state index contributed by atoms with van der Waals surface area (Å²) in [5, 5.41) is 9.11. The van der Waals surface area contributed by atoms with Crippen molar-refractivity contribution < 1.29 is 9.59 Å². The highest BCUT2D eigenvalue weighted by Gasteiger charge is 2.16. The number of rotatable bonds is 4. The molecule has 1 aliphatic rings. The van der Waals surface area contributed by atoms with Crippen molar-refractivity contribution in [3.63, 3.8) is 0 Å². The number of benzene rings is 1. The summed E-state index contributed by atoms with van der Waals surface area (Å²) in [6, 6.07) is 6.87. The Balaban J connectivity index is 0.00000242. The first-order valence-electron chi connectivity index (χ1n) is 6.90. The maximum absolute atomic E-state index is 11.9. The second-order valence-electron chi connectivity index (χ2n) is 4.79. The highest BCUT2D eigenvalue weighted by atomic mass is 35.5. The molecule has 122 valence electrons. The lowest BCUT2D eigenvalue weighted by Crippen LogP contribution is -2.50. The van der Waals surface area contributed by atoms with E-state index >= 15 is 0 Å². The molecule has 1 aromatic carbocycles. The van der Waals surface area contributed by atoms with Crippen molar-refractivity contribution in [2.45, 2.75) is 6.54 Å². The lowest BCUT2D eigenvalue weighted by atomic mass is 10.2. The average molecular weight is 347 g/mol. The standard InChI is InChI=1S/C14H19ClN4O2.ClH/c15-12-3-1-11(2-4-12)9-17-14(21)18-10-13(20)19-7-5-16-6-8-19;/h1-4,16H,5-10H2,(H2,17,18,21);1H. The van der Waals surface area contributed by atoms with Crippen LogP contribution in [0.4, 0.5) is 4.79 Å². The summed E-state index contributed by atoms with van der Waals surface area (Å²) in [6.45, 7) is 3.39. The van der Waals surface area contributed by atoms with E-state index in [1.54, 1.807) is 17.0 Å². The topological polar surface area (TPSA) is 73.5 Å². The van der Waals surface area contributed by atoms with Gasteiger partial charge in [-0.25, -0.2) is 4.79 Å². The fourth-order valence-electron chi connectivity index (χ4n) is 2.03. The zero-order chi connectivity index (χ0) is 15.1. The summed E-state index contributed by atoms with van der Waals surface area (Å²) in [7, 11) is 0. The van der Waals surface area contributed by atoms with Gasteiger partial charge in [0.1, 0.15) is 0 Å². The van der Waals surface area contributed by atoms with E-state index in [1.165, 1.54) is 0 Å². The second kappa shape index (κ2) is 9.50. The van der Waals surface area contributed by atoms with Gasteiger partial charge >= 0.3 is 6.03 Å². The van der Waals surface area contributed by atoms with Crippen LogP contribution in [0.5, 0.6) is 0 Å². The molecule has 1 aliphatic heterocycles. The van der Waals surface area contributed by atoms with Crippen LogP contribution < -0.4 is 16.0 Å². The molecule has 22 heavy (non-hydrogen) atoms. The molecular weight excluding hydrogens is 327 g/mol. The summed E-state index contributed by atoms with van der Waals surface area (Å²) in [6.07, 6.45) is 0. The van der Waals surface area contributed by atoms with Gasteiger partial charge in [0.05, 0.1) is 6.54 Å². The predicted molar refractivity (Wildman–Crippen MR) is 88.4 cm³/mol. The Morgan fingerprint density at radius 3 is 2.41 bits per heavy atom. The normalized spacial score (nSPS) is 14.0. The monoisotopic (exact) mass is 346 g/mol. The van der Waals surface area contributed by atoms with Crippen LogP contribution in [0.25, 0.3) is 0 Å². The first-order chi connectivity index (χ1) is 10.1. The van der Waals surface area contributed by atoms with E-state index in [4.69, 9.17) is 11.6 Å². The van der Waals surface area contributed by atoms with Gasteiger partial charge in [-0.1, -0.05) is 23.7 Å². The summed E-state index contributed by atoms with van der Waals surface area (Å²) in [4.78, 5) is 25.2. The van der Waals surface area contributed by atoms with Crippen molar-refractivity contribution >= 4 is 35.9 Å². The molecule has 0 bridgehead atoms. The molecular formula is C14H20Cl2N4O2. The van der Waals surface area contributed by atoms with Crippen molar-refractivity contribution in [3.8, 4) is 0 Å². The number of amides is 3. The fourth-order valence-corrected chi connectivity index (χ4v) is 2.16. The summed E-state index contributed by atoms with van der Waals surface area (Å²) in [5.41, 5.74) is 0.947. The average Bonchev–Trinajstić information content (AvgIpc) is 2.53. The van der Waals surface area contributed by atoms with Crippen molar-refractivity contribution in [3.05, 3.63) is 34.9 Å². The smallest absolute Gasteiger partial charge is 0.315 e. The first-order valence-corrected chi connectivity index (χ1v) is 7.27. The molecule has 0 aliphatic carbocycles. The molecule has 3 amide bonds. The van der Waals surface area contributed by atoms with Gasteiger partial charge in [-0.05, 0) is 17.7 Å². The van der Waals surface area contributed by atoms with Gasteiger partial charge < -0.3 is 20.9 Å². The molecule has 1 saturated heterocycles. The maximum atomic E-state index is 11.9. The second-order valence-corrected chi connectivity index (χ2v) is 5.23. The summed E-state index contributed by atoms with van der Waals surface area (Å²) >= 11 is 5.79. The van der Waals surface area contributed by atoms with Crippen LogP contribution in [0.15, 0.2) is 24.3 Å². The number of hydrogen-bond donors (Lipinski definition) is 3. The molecule has 0 spiro atoms. The molecule has 1 aromatic rings. The van der Waals surface area contributed by atoms with Crippen LogP contribution in [0.3, 0.4) is 0 Å². The van der Waals surface area contributed by atoms with Crippen molar-refractivity contribution in [1.82, 2.24) is 20.9 Å². The number of piperazine rings is 1. The van der Waals surface area contributed by atoms with Crippen molar-refractivity contribution in [2.24, 2.45) is 0 Å². The quantitative estimate of drug-likeness (QED) is 0.761. The minimum atomic E-state index is -0.353. The van der Waals surface area contributed by atoms with Gasteiger partial charge in [-0.3, -0.25) is 4.79 Å². The fraction of sp³-hybridized carbons (Fsp3) is 0.429. The number of urea groups is 1. The van der Waals surface area contributed by atoms with Gasteiger partial charge in [-0.2, -0.15) is 0 Å². The third kappa shape index (κ3) is 6.09. The number of nitrogens with one attached hydrogen (secondary N) is 3. The minimum Gasteiger partial charge on any atom is -0.339 e. The molecule has 1 fully saturated rings. The number of carbonyl (C=O) groups excluding carboxylic acids is 2. The molecule has 2 rings (SSSR count). The summed E-state index contributed by atoms with van der Waals surface area (Å²) < 4.78 is 0. The van der Waals surface area contributed by atoms with Gasteiger partial charge in [0, 0.05) is 37.7 Å². The molecule has 0 saturated carbocycles. The highest BCUT2D eigenvalue weighted by Crippen LogP contribution is 2.08. The van der Waals surface area contributed by atoms with E-state index < -0.39 is 0 Å². The molecule has 1 heterocycles. The molecule has 0 aromatic heterocycles. The van der Waals surface area contributed by atoms with Gasteiger partial charge in [0.2, 0.25) is 5.91 Å². The summed E-state index contributed by atoms with van der Waals surface area (Å²) in [5.74, 6) is -0.0573. The largest absolute Gasteiger partial charge is 0.339 e. The van der Waals surface area contributed by atoms with E-state index in [2.05, 4.69) is 16.0 Å². The Hall–Kier alpha value is -1.50. The Morgan fingerprint density at radius 1 is 1.14 bits per heavy atom. The third-order valence-corrected chi connectivity index (χ3v) is 3.49. The Bertz CT molecular complexity index is 490. The first kappa shape index (κ1) is 18.5. The highest BCUT2D eigenvalue weighted by molar-refractivity contribution is 6.30. The van der Waals surface area contributed by atoms with Crippen LogP contribution in [0.2, 0.25) is 5.02 Å². The van der Waals surface area contributed by atoms with Crippen molar-refractivity contribution in [2.75, 3.05) is 32.7 Å². The van der Waals surface area contributed by atoms with Crippen LogP contribution in [0, 0.1) is 0 Å². The molecule has 0 atom stereocenters. The van der Waals surface area contributed by atoms with Gasteiger partial charge in [-0.15, -0.1) is 12.4 Å². The number of nitrogens with zero attached hydrogens (tertiary/aromatic N) is 1. The number of halogens is 2. The van der Waals surface area contributed by atoms with Crippen LogP contribution in [-0.4, -0.2) is 49.6 Å². The van der Waals surface area contributed by atoms with E-state index in [0.29, 0.717) is 24.7 Å². The predicted octanol–water partition coefficient (Wildman–Crippen LogP) is 0.993. The molecule has 3 N–H and O–H groups in total. The van der Waals surface area contributed by atoms with E-state index in [-0.39, 0.29) is 30.9 Å². The number of carbonyl (C=O) groups is 2. The van der Waals surface area contributed by atoms with Crippen LogP contribution in [-0.2, 0) is 11.3 Å². The van der Waals surface area contributed by atoms with Crippen LogP contribution >= 0.6 is 24.0 Å². The molecule has 0 radical (unpaired) electrons. The van der Waals surface area contributed by atoms with E-state index in [0.717, 1.165) is 18.7 Å². The zero-order valence-corrected chi connectivity index (χ0v) is 13.7. The molecule has 0 unspecified atom stereocenters. The molecule has 8 heteroatoms. The molecule has 6 nitrogen and oxygen atoms in total. The lowest BCUT2D eigenvalue weighted by Gasteiger charge is -2.27. The third-order valence-electron chi connectivity index (χ3n) is 3.24. The van der Waals surface area contributed by atoms with Crippen molar-refractivity contribution in [1.29, 1.82) is 0 Å². The lowest BCUT2D eigenvalue weighted by molar-refractivity contribution is -0.130. The SMILES string of the molecule is Cl.O=C(NCC(=O)N1CCNCC1)NCc1ccc(Cl)cc1. The van der Waals surface area contributed by atoms with Gasteiger partial charge in [0.25, 0.3) is 0 Å². The Morgan fingerprint density at radius 2 is 1.77 bits per heavy atom.